The van der Waals surface area contributed by atoms with Crippen LogP contribution in [0.15, 0.2) is 48.5 Å². The van der Waals surface area contributed by atoms with Crippen LogP contribution >= 0.6 is 0 Å². The summed E-state index contributed by atoms with van der Waals surface area (Å²) in [5.74, 6) is -0.184. The Hall–Kier alpha value is -3.07. The highest BCUT2D eigenvalue weighted by Crippen LogP contribution is 2.24. The van der Waals surface area contributed by atoms with Crippen molar-refractivity contribution in [3.8, 4) is 5.75 Å². The van der Waals surface area contributed by atoms with Crippen molar-refractivity contribution in [2.24, 2.45) is 11.7 Å². The number of carbonyl (C=O) groups is 2. The molecular formula is C23H29N3O5S. The molecule has 172 valence electrons. The molecule has 32 heavy (non-hydrogen) atoms. The molecular weight excluding hydrogens is 430 g/mol. The number of amides is 2. The molecule has 1 saturated heterocycles. The molecule has 0 spiro atoms. The van der Waals surface area contributed by atoms with E-state index < -0.39 is 10.0 Å². The van der Waals surface area contributed by atoms with Crippen molar-refractivity contribution in [3.63, 3.8) is 0 Å². The average Bonchev–Trinajstić information content (AvgIpc) is 2.77. The van der Waals surface area contributed by atoms with Gasteiger partial charge >= 0.3 is 0 Å². The average molecular weight is 460 g/mol. The quantitative estimate of drug-likeness (QED) is 0.650. The van der Waals surface area contributed by atoms with E-state index in [2.05, 4.69) is 0 Å². The Bertz CT molecular complexity index is 1040. The fourth-order valence-electron chi connectivity index (χ4n) is 3.62. The molecule has 3 rings (SSSR count). The highest BCUT2D eigenvalue weighted by Gasteiger charge is 2.26. The Kier molecular flexibility index (Phi) is 7.40. The predicted octanol–water partition coefficient (Wildman–Crippen LogP) is 2.06. The summed E-state index contributed by atoms with van der Waals surface area (Å²) < 4.78 is 31.6. The maximum absolute atomic E-state index is 12.4. The van der Waals surface area contributed by atoms with E-state index in [0.29, 0.717) is 37.4 Å². The second-order valence-electron chi connectivity index (χ2n) is 8.10. The van der Waals surface area contributed by atoms with Gasteiger partial charge in [0.25, 0.3) is 5.91 Å². The van der Waals surface area contributed by atoms with Crippen molar-refractivity contribution in [1.82, 2.24) is 4.90 Å². The third-order valence-electron chi connectivity index (χ3n) is 5.58. The topological polar surface area (TPSA) is 110 Å². The van der Waals surface area contributed by atoms with E-state index in [1.165, 1.54) is 10.6 Å². The molecule has 0 saturated carbocycles. The van der Waals surface area contributed by atoms with Gasteiger partial charge in [-0.25, -0.2) is 8.42 Å². The Morgan fingerprint density at radius 2 is 1.66 bits per heavy atom. The van der Waals surface area contributed by atoms with E-state index >= 15 is 0 Å². The van der Waals surface area contributed by atoms with E-state index in [9.17, 15) is 18.0 Å². The largest absolute Gasteiger partial charge is 0.484 e. The maximum Gasteiger partial charge on any atom is 0.260 e. The van der Waals surface area contributed by atoms with Crippen LogP contribution in [0.1, 0.15) is 24.0 Å². The first-order valence-electron chi connectivity index (χ1n) is 10.5. The first-order valence-corrected chi connectivity index (χ1v) is 12.3. The van der Waals surface area contributed by atoms with Crippen molar-refractivity contribution in [3.05, 3.63) is 59.7 Å². The van der Waals surface area contributed by atoms with Gasteiger partial charge in [0.15, 0.2) is 6.61 Å². The zero-order chi connectivity index (χ0) is 23.3. The number of ether oxygens (including phenoxy) is 1. The number of likely N-dealkylation sites (tertiary alicyclic amines) is 1. The lowest BCUT2D eigenvalue weighted by Crippen LogP contribution is -2.43. The number of benzene rings is 2. The minimum absolute atomic E-state index is 0.125. The second kappa shape index (κ2) is 10.0. The lowest BCUT2D eigenvalue weighted by Gasteiger charge is -2.30. The Labute approximate surface area is 189 Å². The van der Waals surface area contributed by atoms with Crippen molar-refractivity contribution in [2.45, 2.75) is 26.3 Å². The number of primary amides is 1. The number of rotatable bonds is 8. The number of piperidine rings is 1. The van der Waals surface area contributed by atoms with Crippen molar-refractivity contribution in [2.75, 3.05) is 30.3 Å². The van der Waals surface area contributed by atoms with Gasteiger partial charge in [0.1, 0.15) is 5.75 Å². The second-order valence-corrected chi connectivity index (χ2v) is 10.0. The van der Waals surface area contributed by atoms with E-state index in [1.807, 2.05) is 31.2 Å². The molecule has 2 amide bonds. The van der Waals surface area contributed by atoms with Gasteiger partial charge in [-0.05, 0) is 49.6 Å². The van der Waals surface area contributed by atoms with E-state index in [0.717, 1.165) is 11.1 Å². The number of sulfonamides is 1. The maximum atomic E-state index is 12.4. The van der Waals surface area contributed by atoms with Crippen LogP contribution in [0, 0.1) is 12.8 Å². The van der Waals surface area contributed by atoms with Gasteiger partial charge in [-0.1, -0.05) is 29.8 Å². The predicted molar refractivity (Wildman–Crippen MR) is 123 cm³/mol. The van der Waals surface area contributed by atoms with Crippen LogP contribution in [-0.4, -0.2) is 51.1 Å². The van der Waals surface area contributed by atoms with E-state index in [4.69, 9.17) is 10.5 Å². The van der Waals surface area contributed by atoms with E-state index in [1.54, 1.807) is 29.2 Å². The number of anilines is 1. The summed E-state index contributed by atoms with van der Waals surface area (Å²) in [4.78, 5) is 25.3. The molecule has 9 heteroatoms. The van der Waals surface area contributed by atoms with Crippen LogP contribution in [0.2, 0.25) is 0 Å². The number of nitrogens with zero attached hydrogens (tertiary/aromatic N) is 2. The Morgan fingerprint density at radius 3 is 2.19 bits per heavy atom. The normalized spacial score (nSPS) is 14.8. The van der Waals surface area contributed by atoms with Crippen molar-refractivity contribution >= 4 is 27.5 Å². The highest BCUT2D eigenvalue weighted by atomic mass is 32.2. The summed E-state index contributed by atoms with van der Waals surface area (Å²) in [6, 6.07) is 14.3. The molecule has 0 bridgehead atoms. The number of hydrogen-bond acceptors (Lipinski definition) is 5. The molecule has 1 aliphatic heterocycles. The molecule has 0 atom stereocenters. The minimum Gasteiger partial charge on any atom is -0.484 e. The summed E-state index contributed by atoms with van der Waals surface area (Å²) in [7, 11) is -3.49. The first kappa shape index (κ1) is 23.6. The van der Waals surface area contributed by atoms with Gasteiger partial charge < -0.3 is 15.4 Å². The zero-order valence-electron chi connectivity index (χ0n) is 18.4. The number of hydrogen-bond donors (Lipinski definition) is 1. The van der Waals surface area contributed by atoms with Crippen LogP contribution < -0.4 is 14.8 Å². The van der Waals surface area contributed by atoms with Crippen LogP contribution in [0.3, 0.4) is 0 Å². The molecule has 0 aliphatic carbocycles. The number of aryl methyl sites for hydroxylation is 1. The fourth-order valence-corrected chi connectivity index (χ4v) is 4.51. The molecule has 2 aromatic carbocycles. The van der Waals surface area contributed by atoms with Crippen LogP contribution in [0.5, 0.6) is 5.75 Å². The molecule has 0 unspecified atom stereocenters. The molecule has 0 aromatic heterocycles. The monoisotopic (exact) mass is 459 g/mol. The number of carbonyl (C=O) groups excluding carboxylic acids is 2. The standard InChI is InChI=1S/C23H29N3O5S/c1-17-3-5-18(6-4-17)15-26(32(2,29)30)20-7-9-21(10-8-20)31-16-22(27)25-13-11-19(12-14-25)23(24)28/h3-10,19H,11-16H2,1-2H3,(H2,24,28). The van der Waals surface area contributed by atoms with Crippen LogP contribution in [-0.2, 0) is 26.2 Å². The van der Waals surface area contributed by atoms with Crippen LogP contribution in [0.25, 0.3) is 0 Å². The zero-order valence-corrected chi connectivity index (χ0v) is 19.2. The lowest BCUT2D eigenvalue weighted by molar-refractivity contribution is -0.136. The highest BCUT2D eigenvalue weighted by molar-refractivity contribution is 7.92. The smallest absolute Gasteiger partial charge is 0.260 e. The minimum atomic E-state index is -3.49. The molecule has 1 fully saturated rings. The van der Waals surface area contributed by atoms with Gasteiger partial charge in [-0.3, -0.25) is 13.9 Å². The van der Waals surface area contributed by atoms with Gasteiger partial charge in [-0.15, -0.1) is 0 Å². The third-order valence-corrected chi connectivity index (χ3v) is 6.72. The molecule has 0 radical (unpaired) electrons. The molecule has 1 heterocycles. The summed E-state index contributed by atoms with van der Waals surface area (Å²) in [5, 5.41) is 0. The Balaban J connectivity index is 1.59. The molecule has 2 aromatic rings. The SMILES string of the molecule is Cc1ccc(CN(c2ccc(OCC(=O)N3CCC(C(N)=O)CC3)cc2)S(C)(=O)=O)cc1. The molecule has 8 nitrogen and oxygen atoms in total. The number of nitrogens with two attached hydrogens (primary N) is 1. The van der Waals surface area contributed by atoms with Crippen LogP contribution in [0.4, 0.5) is 5.69 Å². The van der Waals surface area contributed by atoms with Crippen molar-refractivity contribution in [1.29, 1.82) is 0 Å². The summed E-state index contributed by atoms with van der Waals surface area (Å²) in [6.45, 7) is 3.04. The summed E-state index contributed by atoms with van der Waals surface area (Å²) in [6.07, 6.45) is 2.31. The summed E-state index contributed by atoms with van der Waals surface area (Å²) >= 11 is 0. The van der Waals surface area contributed by atoms with Gasteiger partial charge in [0, 0.05) is 19.0 Å². The van der Waals surface area contributed by atoms with E-state index in [-0.39, 0.29) is 30.9 Å². The summed E-state index contributed by atoms with van der Waals surface area (Å²) in [5.41, 5.74) is 7.82. The van der Waals surface area contributed by atoms with Gasteiger partial charge in [0.05, 0.1) is 18.5 Å². The van der Waals surface area contributed by atoms with Gasteiger partial charge in [0.2, 0.25) is 15.9 Å². The fraction of sp³-hybridized carbons (Fsp3) is 0.391. The third kappa shape index (κ3) is 6.23. The van der Waals surface area contributed by atoms with Gasteiger partial charge in [-0.2, -0.15) is 0 Å². The first-order chi connectivity index (χ1) is 15.1. The van der Waals surface area contributed by atoms with Crippen molar-refractivity contribution < 1.29 is 22.7 Å². The molecule has 1 aliphatic rings. The molecule has 2 N–H and O–H groups in total. The lowest BCUT2D eigenvalue weighted by atomic mass is 9.96. The Morgan fingerprint density at radius 1 is 1.06 bits per heavy atom.